The Morgan fingerprint density at radius 2 is 1.80 bits per heavy atom. The summed E-state index contributed by atoms with van der Waals surface area (Å²) in [6.07, 6.45) is 2.02. The molecule has 0 bridgehead atoms. The van der Waals surface area contributed by atoms with E-state index in [2.05, 4.69) is 10.2 Å². The SMILES string of the molecule is CCn1c(SCC(=O)N2CCN(C(=O)C3CC3)CC2)nnc1-c1ccc(Cl)cc1Cl. The van der Waals surface area contributed by atoms with E-state index in [1.807, 2.05) is 27.4 Å². The van der Waals surface area contributed by atoms with Crippen LogP contribution >= 0.6 is 35.0 Å². The van der Waals surface area contributed by atoms with Crippen molar-refractivity contribution in [2.45, 2.75) is 31.5 Å². The van der Waals surface area contributed by atoms with E-state index >= 15 is 0 Å². The minimum absolute atomic E-state index is 0.0512. The zero-order chi connectivity index (χ0) is 21.3. The van der Waals surface area contributed by atoms with Gasteiger partial charge in [-0.15, -0.1) is 10.2 Å². The predicted molar refractivity (Wildman–Crippen MR) is 118 cm³/mol. The number of nitrogens with zero attached hydrogens (tertiary/aromatic N) is 5. The number of thioether (sulfide) groups is 1. The van der Waals surface area contributed by atoms with E-state index < -0.39 is 0 Å². The Morgan fingerprint density at radius 3 is 2.43 bits per heavy atom. The third-order valence-corrected chi connectivity index (χ3v) is 6.90. The first-order valence-electron chi connectivity index (χ1n) is 10.1. The van der Waals surface area contributed by atoms with Crippen molar-refractivity contribution < 1.29 is 9.59 Å². The lowest BCUT2D eigenvalue weighted by Crippen LogP contribution is -2.51. The molecular weight excluding hydrogens is 445 g/mol. The van der Waals surface area contributed by atoms with Gasteiger partial charge in [-0.1, -0.05) is 35.0 Å². The summed E-state index contributed by atoms with van der Waals surface area (Å²) in [6, 6.07) is 5.27. The molecule has 2 aliphatic rings. The molecule has 1 aliphatic carbocycles. The van der Waals surface area contributed by atoms with Crippen molar-refractivity contribution in [2.24, 2.45) is 5.92 Å². The van der Waals surface area contributed by atoms with E-state index in [4.69, 9.17) is 23.2 Å². The summed E-state index contributed by atoms with van der Waals surface area (Å²) in [6.45, 7) is 5.07. The Kier molecular flexibility index (Phi) is 6.55. The highest BCUT2D eigenvalue weighted by molar-refractivity contribution is 7.99. The minimum atomic E-state index is 0.0512. The van der Waals surface area contributed by atoms with E-state index in [-0.39, 0.29) is 23.5 Å². The van der Waals surface area contributed by atoms with Crippen molar-refractivity contribution in [1.29, 1.82) is 0 Å². The second-order valence-electron chi connectivity index (χ2n) is 7.44. The van der Waals surface area contributed by atoms with Crippen LogP contribution in [0.4, 0.5) is 0 Å². The molecule has 0 spiro atoms. The zero-order valence-electron chi connectivity index (χ0n) is 16.7. The van der Waals surface area contributed by atoms with Gasteiger partial charge in [-0.05, 0) is 38.0 Å². The number of rotatable bonds is 6. The predicted octanol–water partition coefficient (Wildman–Crippen LogP) is 3.44. The Balaban J connectivity index is 1.36. The largest absolute Gasteiger partial charge is 0.339 e. The molecule has 10 heteroatoms. The van der Waals surface area contributed by atoms with Crippen molar-refractivity contribution in [2.75, 3.05) is 31.9 Å². The van der Waals surface area contributed by atoms with Crippen molar-refractivity contribution in [3.63, 3.8) is 0 Å². The minimum Gasteiger partial charge on any atom is -0.339 e. The molecule has 0 radical (unpaired) electrons. The summed E-state index contributed by atoms with van der Waals surface area (Å²) < 4.78 is 1.94. The molecule has 7 nitrogen and oxygen atoms in total. The quantitative estimate of drug-likeness (QED) is 0.608. The topological polar surface area (TPSA) is 71.3 Å². The number of benzene rings is 1. The van der Waals surface area contributed by atoms with Crippen LogP contribution in [0.3, 0.4) is 0 Å². The van der Waals surface area contributed by atoms with Crippen LogP contribution in [0.1, 0.15) is 19.8 Å². The van der Waals surface area contributed by atoms with Crippen LogP contribution in [0.25, 0.3) is 11.4 Å². The average Bonchev–Trinajstić information content (AvgIpc) is 3.52. The number of carbonyl (C=O) groups excluding carboxylic acids is 2. The van der Waals surface area contributed by atoms with E-state index in [1.54, 1.807) is 12.1 Å². The number of hydrogen-bond acceptors (Lipinski definition) is 5. The first-order valence-corrected chi connectivity index (χ1v) is 11.8. The van der Waals surface area contributed by atoms with Gasteiger partial charge in [0.15, 0.2) is 11.0 Å². The van der Waals surface area contributed by atoms with Gasteiger partial charge >= 0.3 is 0 Å². The number of carbonyl (C=O) groups is 2. The normalized spacial score (nSPS) is 16.8. The molecule has 2 aromatic rings. The van der Waals surface area contributed by atoms with Crippen molar-refractivity contribution in [3.8, 4) is 11.4 Å². The number of amides is 2. The van der Waals surface area contributed by atoms with Crippen LogP contribution in [0.5, 0.6) is 0 Å². The molecule has 0 N–H and O–H groups in total. The Hall–Kier alpha value is -1.77. The lowest BCUT2D eigenvalue weighted by Gasteiger charge is -2.34. The number of aromatic nitrogens is 3. The van der Waals surface area contributed by atoms with Crippen LogP contribution in [0.2, 0.25) is 10.0 Å². The molecule has 30 heavy (non-hydrogen) atoms. The van der Waals surface area contributed by atoms with Crippen LogP contribution in [-0.2, 0) is 16.1 Å². The number of hydrogen-bond donors (Lipinski definition) is 0. The van der Waals surface area contributed by atoms with E-state index in [0.29, 0.717) is 53.7 Å². The Bertz CT molecular complexity index is 955. The van der Waals surface area contributed by atoms with Crippen LogP contribution < -0.4 is 0 Å². The summed E-state index contributed by atoms with van der Waals surface area (Å²) in [7, 11) is 0. The molecule has 1 saturated carbocycles. The maximum Gasteiger partial charge on any atom is 0.233 e. The number of piperazine rings is 1. The standard InChI is InChI=1S/C20H23Cl2N5O2S/c1-2-27-18(15-6-5-14(21)11-16(15)22)23-24-20(27)30-12-17(28)25-7-9-26(10-8-25)19(29)13-3-4-13/h5-6,11,13H,2-4,7-10,12H2,1H3. The van der Waals surface area contributed by atoms with Crippen LogP contribution in [0.15, 0.2) is 23.4 Å². The summed E-state index contributed by atoms with van der Waals surface area (Å²) in [5, 5.41) is 10.3. The van der Waals surface area contributed by atoms with E-state index in [1.165, 1.54) is 11.8 Å². The fourth-order valence-corrected chi connectivity index (χ4v) is 4.93. The third-order valence-electron chi connectivity index (χ3n) is 5.40. The molecule has 2 amide bonds. The van der Waals surface area contributed by atoms with Gasteiger partial charge in [-0.3, -0.25) is 9.59 Å². The van der Waals surface area contributed by atoms with Gasteiger partial charge in [0.25, 0.3) is 0 Å². The van der Waals surface area contributed by atoms with Gasteiger partial charge in [0.2, 0.25) is 11.8 Å². The highest BCUT2D eigenvalue weighted by atomic mass is 35.5. The van der Waals surface area contributed by atoms with Gasteiger partial charge in [0.05, 0.1) is 10.8 Å². The Labute approximate surface area is 189 Å². The third kappa shape index (κ3) is 4.60. The van der Waals surface area contributed by atoms with Gasteiger partial charge in [-0.2, -0.15) is 0 Å². The molecule has 2 fully saturated rings. The second kappa shape index (κ2) is 9.16. The number of halogens is 2. The first-order chi connectivity index (χ1) is 14.5. The molecule has 160 valence electrons. The fraction of sp³-hybridized carbons (Fsp3) is 0.500. The molecule has 2 heterocycles. The highest BCUT2D eigenvalue weighted by Gasteiger charge is 2.35. The molecule has 1 aromatic heterocycles. The monoisotopic (exact) mass is 467 g/mol. The maximum absolute atomic E-state index is 12.7. The molecule has 1 aliphatic heterocycles. The molecule has 4 rings (SSSR count). The summed E-state index contributed by atoms with van der Waals surface area (Å²) in [4.78, 5) is 28.6. The molecule has 0 unspecified atom stereocenters. The van der Waals surface area contributed by atoms with Crippen molar-refractivity contribution in [1.82, 2.24) is 24.6 Å². The van der Waals surface area contributed by atoms with E-state index in [0.717, 1.165) is 18.4 Å². The first kappa shape index (κ1) is 21.5. The summed E-state index contributed by atoms with van der Waals surface area (Å²) in [5.74, 6) is 1.47. The van der Waals surface area contributed by atoms with E-state index in [9.17, 15) is 9.59 Å². The smallest absolute Gasteiger partial charge is 0.233 e. The second-order valence-corrected chi connectivity index (χ2v) is 9.23. The lowest BCUT2D eigenvalue weighted by atomic mass is 10.2. The molecule has 0 atom stereocenters. The summed E-state index contributed by atoms with van der Waals surface area (Å²) >= 11 is 13.7. The Morgan fingerprint density at radius 1 is 1.10 bits per heavy atom. The zero-order valence-corrected chi connectivity index (χ0v) is 19.0. The van der Waals surface area contributed by atoms with Gasteiger partial charge in [0.1, 0.15) is 0 Å². The maximum atomic E-state index is 12.7. The molecular formula is C20H23Cl2N5O2S. The van der Waals surface area contributed by atoms with Crippen LogP contribution in [0, 0.1) is 5.92 Å². The molecule has 1 aromatic carbocycles. The molecule has 1 saturated heterocycles. The van der Waals surface area contributed by atoms with Crippen molar-refractivity contribution in [3.05, 3.63) is 28.2 Å². The fourth-order valence-electron chi connectivity index (χ4n) is 3.53. The summed E-state index contributed by atoms with van der Waals surface area (Å²) in [5.41, 5.74) is 0.755. The van der Waals surface area contributed by atoms with Gasteiger partial charge < -0.3 is 14.4 Å². The van der Waals surface area contributed by atoms with Crippen molar-refractivity contribution >= 4 is 46.8 Å². The lowest BCUT2D eigenvalue weighted by molar-refractivity contribution is -0.139. The van der Waals surface area contributed by atoms with Crippen LogP contribution in [-0.4, -0.2) is 68.3 Å². The average molecular weight is 468 g/mol. The van der Waals surface area contributed by atoms with Gasteiger partial charge in [0, 0.05) is 49.2 Å². The van der Waals surface area contributed by atoms with Gasteiger partial charge in [-0.25, -0.2) is 0 Å². The highest BCUT2D eigenvalue weighted by Crippen LogP contribution is 2.32.